The highest BCUT2D eigenvalue weighted by Gasteiger charge is 2.07. The molecule has 0 aliphatic rings. The maximum absolute atomic E-state index is 4.70. The van der Waals surface area contributed by atoms with E-state index >= 15 is 0 Å². The van der Waals surface area contributed by atoms with Gasteiger partial charge in [0.1, 0.15) is 5.01 Å². The molecule has 0 atom stereocenters. The minimum atomic E-state index is 0.790. The second kappa shape index (κ2) is 6.15. The first-order valence-electron chi connectivity index (χ1n) is 6.23. The number of benzene rings is 1. The van der Waals surface area contributed by atoms with Crippen LogP contribution in [0.4, 0.5) is 0 Å². The third-order valence-electron chi connectivity index (χ3n) is 2.82. The van der Waals surface area contributed by atoms with Gasteiger partial charge in [-0.25, -0.2) is 15.0 Å². The van der Waals surface area contributed by atoms with E-state index in [4.69, 9.17) is 4.98 Å². The summed E-state index contributed by atoms with van der Waals surface area (Å²) in [5.74, 6) is 0.798. The summed E-state index contributed by atoms with van der Waals surface area (Å²) in [6.07, 6.45) is 3.52. The number of thiazole rings is 1. The molecule has 3 aromatic rings. The van der Waals surface area contributed by atoms with Crippen LogP contribution >= 0.6 is 23.1 Å². The third kappa shape index (κ3) is 3.05. The fourth-order valence-corrected chi connectivity index (χ4v) is 3.52. The Bertz CT molecular complexity index is 695. The summed E-state index contributed by atoms with van der Waals surface area (Å²) < 4.78 is 0. The molecule has 0 fully saturated rings. The molecule has 100 valence electrons. The molecule has 5 heteroatoms. The van der Waals surface area contributed by atoms with Crippen LogP contribution in [-0.4, -0.2) is 15.0 Å². The molecule has 0 aliphatic heterocycles. The first kappa shape index (κ1) is 13.3. The number of aryl methyl sites for hydroxylation is 1. The largest absolute Gasteiger partial charge is 0.240 e. The molecular weight excluding hydrogens is 286 g/mol. The van der Waals surface area contributed by atoms with Gasteiger partial charge in [-0.05, 0) is 18.6 Å². The van der Waals surface area contributed by atoms with E-state index in [1.165, 1.54) is 11.1 Å². The van der Waals surface area contributed by atoms with E-state index in [1.54, 1.807) is 35.5 Å². The van der Waals surface area contributed by atoms with E-state index < -0.39 is 0 Å². The Hall–Kier alpha value is -1.72. The van der Waals surface area contributed by atoms with Crippen molar-refractivity contribution in [3.8, 4) is 10.6 Å². The van der Waals surface area contributed by atoms with Crippen LogP contribution in [0.1, 0.15) is 11.3 Å². The maximum atomic E-state index is 4.70. The van der Waals surface area contributed by atoms with Gasteiger partial charge in [-0.1, -0.05) is 36.0 Å². The molecule has 0 N–H and O–H groups in total. The van der Waals surface area contributed by atoms with Gasteiger partial charge in [0.2, 0.25) is 0 Å². The second-order valence-corrected chi connectivity index (χ2v) is 6.08. The molecule has 3 rings (SSSR count). The quantitative estimate of drug-likeness (QED) is 0.534. The van der Waals surface area contributed by atoms with E-state index in [-0.39, 0.29) is 0 Å². The Morgan fingerprint density at radius 1 is 1.10 bits per heavy atom. The van der Waals surface area contributed by atoms with Gasteiger partial charge < -0.3 is 0 Å². The third-order valence-corrected chi connectivity index (χ3v) is 4.65. The zero-order valence-electron chi connectivity index (χ0n) is 11.0. The summed E-state index contributed by atoms with van der Waals surface area (Å²) in [5.41, 5.74) is 3.54. The van der Waals surface area contributed by atoms with Crippen LogP contribution in [0.3, 0.4) is 0 Å². The van der Waals surface area contributed by atoms with Gasteiger partial charge in [0.25, 0.3) is 0 Å². The first-order chi connectivity index (χ1) is 9.83. The van der Waals surface area contributed by atoms with Crippen molar-refractivity contribution in [1.29, 1.82) is 0 Å². The van der Waals surface area contributed by atoms with Crippen molar-refractivity contribution in [2.75, 3.05) is 0 Å². The smallest absolute Gasteiger partial charge is 0.187 e. The molecule has 0 amide bonds. The van der Waals surface area contributed by atoms with Crippen LogP contribution in [0.15, 0.2) is 53.3 Å². The number of hydrogen-bond donors (Lipinski definition) is 0. The van der Waals surface area contributed by atoms with Crippen molar-refractivity contribution in [2.24, 2.45) is 0 Å². The van der Waals surface area contributed by atoms with Crippen molar-refractivity contribution < 1.29 is 0 Å². The molecule has 0 radical (unpaired) electrons. The van der Waals surface area contributed by atoms with E-state index in [0.717, 1.165) is 21.6 Å². The molecular formula is C15H13N3S2. The van der Waals surface area contributed by atoms with Crippen LogP contribution < -0.4 is 0 Å². The lowest BCUT2D eigenvalue weighted by molar-refractivity contribution is 0.965. The Balaban J connectivity index is 1.73. The van der Waals surface area contributed by atoms with Crippen molar-refractivity contribution >= 4 is 23.1 Å². The van der Waals surface area contributed by atoms with Gasteiger partial charge in [-0.15, -0.1) is 11.3 Å². The summed E-state index contributed by atoms with van der Waals surface area (Å²) in [5, 5.41) is 3.98. The summed E-state index contributed by atoms with van der Waals surface area (Å²) in [6.45, 7) is 2.11. The normalized spacial score (nSPS) is 10.7. The van der Waals surface area contributed by atoms with Crippen LogP contribution in [0, 0.1) is 6.92 Å². The average molecular weight is 299 g/mol. The minimum Gasteiger partial charge on any atom is -0.240 e. The lowest BCUT2D eigenvalue weighted by atomic mass is 10.1. The highest BCUT2D eigenvalue weighted by Crippen LogP contribution is 2.28. The highest BCUT2D eigenvalue weighted by molar-refractivity contribution is 7.98. The summed E-state index contributed by atoms with van der Waals surface area (Å²) in [4.78, 5) is 13.1. The summed E-state index contributed by atoms with van der Waals surface area (Å²) in [7, 11) is 0. The predicted octanol–water partition coefficient (Wildman–Crippen LogP) is 4.20. The second-order valence-electron chi connectivity index (χ2n) is 4.28. The predicted molar refractivity (Wildman–Crippen MR) is 83.9 cm³/mol. The van der Waals surface area contributed by atoms with E-state index in [1.807, 2.05) is 6.07 Å². The summed E-state index contributed by atoms with van der Waals surface area (Å²) in [6, 6.07) is 10.2. The van der Waals surface area contributed by atoms with Gasteiger partial charge in [0.05, 0.1) is 5.69 Å². The average Bonchev–Trinajstić information content (AvgIpc) is 2.95. The van der Waals surface area contributed by atoms with Crippen LogP contribution in [-0.2, 0) is 5.75 Å². The minimum absolute atomic E-state index is 0.790. The van der Waals surface area contributed by atoms with E-state index in [9.17, 15) is 0 Å². The Kier molecular flexibility index (Phi) is 4.08. The number of hydrogen-bond acceptors (Lipinski definition) is 5. The molecule has 20 heavy (non-hydrogen) atoms. The molecule has 3 nitrogen and oxygen atoms in total. The van der Waals surface area contributed by atoms with Gasteiger partial charge in [0, 0.05) is 29.1 Å². The van der Waals surface area contributed by atoms with Gasteiger partial charge >= 0.3 is 0 Å². The molecule has 0 saturated heterocycles. The fourth-order valence-electron chi connectivity index (χ4n) is 1.81. The summed E-state index contributed by atoms with van der Waals surface area (Å²) >= 11 is 3.29. The molecule has 0 saturated carbocycles. The zero-order chi connectivity index (χ0) is 13.8. The van der Waals surface area contributed by atoms with Crippen LogP contribution in [0.2, 0.25) is 0 Å². The van der Waals surface area contributed by atoms with Gasteiger partial charge in [0.15, 0.2) is 5.16 Å². The maximum Gasteiger partial charge on any atom is 0.187 e. The molecule has 1 aromatic carbocycles. The number of rotatable bonds is 4. The van der Waals surface area contributed by atoms with Gasteiger partial charge in [-0.3, -0.25) is 0 Å². The Labute approximate surface area is 126 Å². The number of nitrogens with zero attached hydrogens (tertiary/aromatic N) is 3. The molecule has 2 aromatic heterocycles. The fraction of sp³-hybridized carbons (Fsp3) is 0.133. The van der Waals surface area contributed by atoms with Crippen LogP contribution in [0.25, 0.3) is 10.6 Å². The highest BCUT2D eigenvalue weighted by atomic mass is 32.2. The van der Waals surface area contributed by atoms with E-state index in [2.05, 4.69) is 46.5 Å². The van der Waals surface area contributed by atoms with Crippen molar-refractivity contribution in [2.45, 2.75) is 17.8 Å². The lowest BCUT2D eigenvalue weighted by Crippen LogP contribution is -1.87. The Morgan fingerprint density at radius 2 is 1.90 bits per heavy atom. The van der Waals surface area contributed by atoms with Crippen molar-refractivity contribution in [1.82, 2.24) is 15.0 Å². The number of aromatic nitrogens is 3. The standard InChI is InChI=1S/C15H13N3S2/c1-11-5-2-3-6-13(11)14-18-12(9-19-14)10-20-15-16-7-4-8-17-15/h2-9H,10H2,1H3. The first-order valence-corrected chi connectivity index (χ1v) is 8.09. The van der Waals surface area contributed by atoms with Gasteiger partial charge in [-0.2, -0.15) is 0 Å². The molecule has 0 spiro atoms. The Morgan fingerprint density at radius 3 is 2.70 bits per heavy atom. The van der Waals surface area contributed by atoms with Crippen molar-refractivity contribution in [3.05, 3.63) is 59.4 Å². The molecule has 0 unspecified atom stereocenters. The van der Waals surface area contributed by atoms with E-state index in [0.29, 0.717) is 0 Å². The SMILES string of the molecule is Cc1ccccc1-c1nc(CSc2ncccn2)cs1. The van der Waals surface area contributed by atoms with Crippen molar-refractivity contribution in [3.63, 3.8) is 0 Å². The molecule has 0 bridgehead atoms. The monoisotopic (exact) mass is 299 g/mol. The molecule has 0 aliphatic carbocycles. The topological polar surface area (TPSA) is 38.7 Å². The number of thioether (sulfide) groups is 1. The van der Waals surface area contributed by atoms with Crippen LogP contribution in [0.5, 0.6) is 0 Å². The zero-order valence-corrected chi connectivity index (χ0v) is 12.6. The lowest BCUT2D eigenvalue weighted by Gasteiger charge is -2.00. The molecule has 2 heterocycles.